The summed E-state index contributed by atoms with van der Waals surface area (Å²) >= 11 is 0. The van der Waals surface area contributed by atoms with E-state index in [0.29, 0.717) is 0 Å². The van der Waals surface area contributed by atoms with Gasteiger partial charge in [0.2, 0.25) is 11.8 Å². The second-order valence-electron chi connectivity index (χ2n) is 5.73. The number of carbonyl (C=O) groups excluding carboxylic acids is 2. The van der Waals surface area contributed by atoms with E-state index in [2.05, 4.69) is 19.9 Å². The number of likely N-dealkylation sites (N-methyl/N-ethyl adjacent to an activating group) is 1. The van der Waals surface area contributed by atoms with Crippen molar-refractivity contribution in [3.63, 3.8) is 0 Å². The lowest BCUT2D eigenvalue weighted by Crippen LogP contribution is -2.37. The van der Waals surface area contributed by atoms with Crippen molar-refractivity contribution >= 4 is 11.8 Å². The highest BCUT2D eigenvalue weighted by molar-refractivity contribution is 5.87. The molecule has 0 aromatic rings. The van der Waals surface area contributed by atoms with Crippen molar-refractivity contribution in [2.45, 2.75) is 27.7 Å². The van der Waals surface area contributed by atoms with E-state index in [1.807, 2.05) is 13.8 Å². The van der Waals surface area contributed by atoms with E-state index in [1.54, 1.807) is 7.05 Å². The molecule has 0 heterocycles. The first-order chi connectivity index (χ1) is 7.67. The van der Waals surface area contributed by atoms with E-state index in [9.17, 15) is 9.59 Å². The maximum absolute atomic E-state index is 12.1. The molecule has 1 rings (SSSR count). The van der Waals surface area contributed by atoms with Gasteiger partial charge in [0.15, 0.2) is 0 Å². The van der Waals surface area contributed by atoms with Gasteiger partial charge in [-0.1, -0.05) is 25.5 Å². The zero-order valence-corrected chi connectivity index (χ0v) is 11.3. The van der Waals surface area contributed by atoms with Crippen molar-refractivity contribution in [1.29, 1.82) is 0 Å². The Morgan fingerprint density at radius 3 is 2.29 bits per heavy atom. The van der Waals surface area contributed by atoms with Crippen LogP contribution in [0.3, 0.4) is 0 Å². The Hall–Kier alpha value is -1.32. The first kappa shape index (κ1) is 13.7. The van der Waals surface area contributed by atoms with E-state index in [4.69, 9.17) is 5.73 Å². The lowest BCUT2D eigenvalue weighted by molar-refractivity contribution is -0.135. The number of nitrogens with zero attached hydrogens (tertiary/aromatic N) is 1. The summed E-state index contributed by atoms with van der Waals surface area (Å²) in [6, 6.07) is 0. The van der Waals surface area contributed by atoms with Crippen LogP contribution in [-0.4, -0.2) is 30.3 Å². The van der Waals surface area contributed by atoms with Crippen molar-refractivity contribution in [3.8, 4) is 0 Å². The number of carbonyl (C=O) groups is 2. The van der Waals surface area contributed by atoms with Gasteiger partial charge in [0.25, 0.3) is 0 Å². The number of primary amides is 1. The molecule has 1 aliphatic carbocycles. The summed E-state index contributed by atoms with van der Waals surface area (Å²) in [6.45, 7) is 8.22. The van der Waals surface area contributed by atoms with Crippen LogP contribution in [0.2, 0.25) is 0 Å². The zero-order chi connectivity index (χ0) is 13.4. The minimum absolute atomic E-state index is 0.00699. The Morgan fingerprint density at radius 1 is 1.35 bits per heavy atom. The average Bonchev–Trinajstić information content (AvgIpc) is 2.64. The topological polar surface area (TPSA) is 63.4 Å². The van der Waals surface area contributed by atoms with Crippen LogP contribution in [-0.2, 0) is 9.59 Å². The Balaban J connectivity index is 2.72. The number of rotatable bonds is 4. The van der Waals surface area contributed by atoms with E-state index in [-0.39, 0.29) is 29.7 Å². The number of hydrogen-bond acceptors (Lipinski definition) is 2. The van der Waals surface area contributed by atoms with Crippen molar-refractivity contribution in [3.05, 3.63) is 11.6 Å². The van der Waals surface area contributed by atoms with Gasteiger partial charge >= 0.3 is 0 Å². The highest BCUT2D eigenvalue weighted by atomic mass is 16.2. The molecule has 17 heavy (non-hydrogen) atoms. The number of amides is 2. The molecule has 0 aromatic heterocycles. The van der Waals surface area contributed by atoms with Gasteiger partial charge in [0, 0.05) is 7.05 Å². The second-order valence-corrected chi connectivity index (χ2v) is 5.73. The van der Waals surface area contributed by atoms with Crippen molar-refractivity contribution < 1.29 is 9.59 Å². The fourth-order valence-electron chi connectivity index (χ4n) is 2.37. The highest BCUT2D eigenvalue weighted by Gasteiger charge is 2.60. The molecule has 0 bridgehead atoms. The van der Waals surface area contributed by atoms with E-state index < -0.39 is 5.91 Å². The van der Waals surface area contributed by atoms with Crippen LogP contribution in [0.5, 0.6) is 0 Å². The van der Waals surface area contributed by atoms with Gasteiger partial charge in [-0.25, -0.2) is 0 Å². The molecular weight excluding hydrogens is 216 g/mol. The van der Waals surface area contributed by atoms with Crippen molar-refractivity contribution in [2.75, 3.05) is 13.6 Å². The first-order valence-corrected chi connectivity index (χ1v) is 5.86. The Labute approximate surface area is 103 Å². The second kappa shape index (κ2) is 4.51. The van der Waals surface area contributed by atoms with E-state index in [1.165, 1.54) is 10.5 Å². The van der Waals surface area contributed by atoms with Gasteiger partial charge in [-0.3, -0.25) is 9.59 Å². The molecule has 0 radical (unpaired) electrons. The Bertz CT molecular complexity index is 368. The summed E-state index contributed by atoms with van der Waals surface area (Å²) in [6.07, 6.45) is 2.14. The number of nitrogens with two attached hydrogens (primary N) is 1. The lowest BCUT2D eigenvalue weighted by atomic mass is 10.1. The summed E-state index contributed by atoms with van der Waals surface area (Å²) in [7, 11) is 1.63. The molecule has 4 heteroatoms. The fourth-order valence-corrected chi connectivity index (χ4v) is 2.37. The SMILES string of the molecule is CC(C)=C[C@@H]1[C@@H](C(=O)N(C)CC(N)=O)C1(C)C. The predicted octanol–water partition coefficient (Wildman–Crippen LogP) is 1.17. The molecule has 0 aromatic carbocycles. The molecule has 0 aliphatic heterocycles. The zero-order valence-electron chi connectivity index (χ0n) is 11.3. The number of allylic oxidation sites excluding steroid dienone is 2. The predicted molar refractivity (Wildman–Crippen MR) is 67.0 cm³/mol. The molecular formula is C13H22N2O2. The minimum Gasteiger partial charge on any atom is -0.368 e. The molecule has 2 amide bonds. The van der Waals surface area contributed by atoms with Gasteiger partial charge < -0.3 is 10.6 Å². The summed E-state index contributed by atoms with van der Waals surface area (Å²) in [5.41, 5.74) is 6.29. The van der Waals surface area contributed by atoms with Crippen LogP contribution >= 0.6 is 0 Å². The maximum atomic E-state index is 12.1. The highest BCUT2D eigenvalue weighted by Crippen LogP contribution is 2.59. The largest absolute Gasteiger partial charge is 0.368 e. The Kier molecular flexibility index (Phi) is 3.65. The van der Waals surface area contributed by atoms with Gasteiger partial charge in [0.05, 0.1) is 12.5 Å². The van der Waals surface area contributed by atoms with E-state index >= 15 is 0 Å². The standard InChI is InChI=1S/C13H22N2O2/c1-8(2)6-9-11(13(9,3)4)12(17)15(5)7-10(14)16/h6,9,11H,7H2,1-5H3,(H2,14,16)/t9-,11+/m1/s1. The van der Waals surface area contributed by atoms with Crippen molar-refractivity contribution in [2.24, 2.45) is 23.0 Å². The molecule has 2 N–H and O–H groups in total. The third kappa shape index (κ3) is 2.87. The minimum atomic E-state index is -0.474. The van der Waals surface area contributed by atoms with Crippen LogP contribution in [0.25, 0.3) is 0 Å². The molecule has 1 aliphatic rings. The monoisotopic (exact) mass is 238 g/mol. The quantitative estimate of drug-likeness (QED) is 0.747. The van der Waals surface area contributed by atoms with Crippen LogP contribution < -0.4 is 5.73 Å². The van der Waals surface area contributed by atoms with Crippen LogP contribution in [0, 0.1) is 17.3 Å². The van der Waals surface area contributed by atoms with Gasteiger partial charge in [-0.2, -0.15) is 0 Å². The molecule has 0 unspecified atom stereocenters. The molecule has 2 atom stereocenters. The average molecular weight is 238 g/mol. The van der Waals surface area contributed by atoms with Crippen molar-refractivity contribution in [1.82, 2.24) is 4.90 Å². The van der Waals surface area contributed by atoms with Gasteiger partial charge in [-0.05, 0) is 25.2 Å². The van der Waals surface area contributed by atoms with Crippen LogP contribution in [0.4, 0.5) is 0 Å². The number of hydrogen-bond donors (Lipinski definition) is 1. The third-order valence-corrected chi connectivity index (χ3v) is 3.46. The van der Waals surface area contributed by atoms with Gasteiger partial charge in [0.1, 0.15) is 0 Å². The molecule has 1 fully saturated rings. The normalized spacial score (nSPS) is 25.0. The third-order valence-electron chi connectivity index (χ3n) is 3.46. The first-order valence-electron chi connectivity index (χ1n) is 5.86. The molecule has 0 spiro atoms. The molecule has 96 valence electrons. The smallest absolute Gasteiger partial charge is 0.237 e. The maximum Gasteiger partial charge on any atom is 0.237 e. The van der Waals surface area contributed by atoms with Gasteiger partial charge in [-0.15, -0.1) is 0 Å². The van der Waals surface area contributed by atoms with Crippen LogP contribution in [0.15, 0.2) is 11.6 Å². The summed E-state index contributed by atoms with van der Waals surface area (Å²) < 4.78 is 0. The van der Waals surface area contributed by atoms with E-state index in [0.717, 1.165) is 0 Å². The molecule has 0 saturated heterocycles. The molecule has 1 saturated carbocycles. The summed E-state index contributed by atoms with van der Waals surface area (Å²) in [4.78, 5) is 24.4. The summed E-state index contributed by atoms with van der Waals surface area (Å²) in [5, 5.41) is 0. The summed E-state index contributed by atoms with van der Waals surface area (Å²) in [5.74, 6) is -0.216. The lowest BCUT2D eigenvalue weighted by Gasteiger charge is -2.15. The fraction of sp³-hybridized carbons (Fsp3) is 0.692. The Morgan fingerprint density at radius 2 is 1.88 bits per heavy atom. The molecule has 4 nitrogen and oxygen atoms in total. The van der Waals surface area contributed by atoms with Crippen LogP contribution in [0.1, 0.15) is 27.7 Å².